The van der Waals surface area contributed by atoms with Gasteiger partial charge in [-0.1, -0.05) is 26.2 Å². The van der Waals surface area contributed by atoms with Crippen molar-refractivity contribution >= 4 is 11.9 Å². The van der Waals surface area contributed by atoms with Gasteiger partial charge >= 0.3 is 5.97 Å². The Balaban J connectivity index is 1.93. The number of nitrogens with one attached hydrogen (secondary N) is 1. The zero-order valence-corrected chi connectivity index (χ0v) is 11.1. The maximum absolute atomic E-state index is 12.1. The molecule has 0 aliphatic heterocycles. The van der Waals surface area contributed by atoms with E-state index in [1.165, 1.54) is 32.1 Å². The Labute approximate surface area is 108 Å². The summed E-state index contributed by atoms with van der Waals surface area (Å²) in [5.41, 5.74) is -1.10. The average molecular weight is 253 g/mol. The van der Waals surface area contributed by atoms with Crippen LogP contribution in [0.1, 0.15) is 58.3 Å². The molecule has 0 spiro atoms. The molecule has 0 saturated heterocycles. The third-order valence-electron chi connectivity index (χ3n) is 4.57. The van der Waals surface area contributed by atoms with Crippen LogP contribution in [0, 0.1) is 11.3 Å². The predicted molar refractivity (Wildman–Crippen MR) is 68.1 cm³/mol. The van der Waals surface area contributed by atoms with Gasteiger partial charge in [0, 0.05) is 6.04 Å². The molecule has 2 saturated carbocycles. The first-order chi connectivity index (χ1) is 8.60. The smallest absolute Gasteiger partial charge is 0.319 e. The van der Waals surface area contributed by atoms with Crippen molar-refractivity contribution in [2.75, 3.05) is 0 Å². The van der Waals surface area contributed by atoms with E-state index in [1.807, 2.05) is 0 Å². The molecule has 2 N–H and O–H groups in total. The number of carbonyl (C=O) groups is 2. The summed E-state index contributed by atoms with van der Waals surface area (Å²) >= 11 is 0. The number of hydrogen-bond donors (Lipinski definition) is 2. The van der Waals surface area contributed by atoms with Gasteiger partial charge in [-0.05, 0) is 38.0 Å². The fourth-order valence-electron chi connectivity index (χ4n) is 3.06. The zero-order valence-electron chi connectivity index (χ0n) is 11.1. The maximum Gasteiger partial charge on any atom is 0.319 e. The summed E-state index contributed by atoms with van der Waals surface area (Å²) in [5.74, 6) is -0.678. The second-order valence-electron chi connectivity index (χ2n) is 5.77. The lowest BCUT2D eigenvalue weighted by atomic mass is 9.82. The SMILES string of the molecule is CCC(NC(=O)C1(C(=O)O)CC1)C1CCCCC1. The second kappa shape index (κ2) is 5.29. The van der Waals surface area contributed by atoms with Crippen molar-refractivity contribution in [1.82, 2.24) is 5.32 Å². The molecule has 0 aromatic carbocycles. The highest BCUT2D eigenvalue weighted by Crippen LogP contribution is 2.46. The Hall–Kier alpha value is -1.06. The molecule has 2 rings (SSSR count). The standard InChI is InChI=1S/C14H23NO3/c1-2-11(10-6-4-3-5-7-10)15-12(16)14(8-9-14)13(17)18/h10-11H,2-9H2,1H3,(H,15,16)(H,17,18). The third-order valence-corrected chi connectivity index (χ3v) is 4.57. The van der Waals surface area contributed by atoms with Crippen LogP contribution in [0.25, 0.3) is 0 Å². The van der Waals surface area contributed by atoms with Crippen molar-refractivity contribution in [2.24, 2.45) is 11.3 Å². The van der Waals surface area contributed by atoms with E-state index in [1.54, 1.807) is 0 Å². The highest BCUT2D eigenvalue weighted by atomic mass is 16.4. The van der Waals surface area contributed by atoms with Crippen LogP contribution in [-0.4, -0.2) is 23.0 Å². The van der Waals surface area contributed by atoms with Gasteiger partial charge in [-0.3, -0.25) is 9.59 Å². The number of carboxylic acid groups (broad SMARTS) is 1. The van der Waals surface area contributed by atoms with Crippen molar-refractivity contribution in [3.63, 3.8) is 0 Å². The molecule has 18 heavy (non-hydrogen) atoms. The van der Waals surface area contributed by atoms with Gasteiger partial charge < -0.3 is 10.4 Å². The molecule has 4 heteroatoms. The van der Waals surface area contributed by atoms with Gasteiger partial charge in [-0.15, -0.1) is 0 Å². The van der Waals surface area contributed by atoms with Crippen LogP contribution in [-0.2, 0) is 9.59 Å². The van der Waals surface area contributed by atoms with Crippen LogP contribution in [0.2, 0.25) is 0 Å². The number of aliphatic carboxylic acids is 1. The molecule has 2 fully saturated rings. The van der Waals surface area contributed by atoms with E-state index in [-0.39, 0.29) is 11.9 Å². The molecule has 2 aliphatic rings. The Morgan fingerprint density at radius 1 is 1.28 bits per heavy atom. The Bertz CT molecular complexity index is 330. The van der Waals surface area contributed by atoms with Crippen molar-refractivity contribution in [3.05, 3.63) is 0 Å². The molecule has 0 radical (unpaired) electrons. The summed E-state index contributed by atoms with van der Waals surface area (Å²) in [6.45, 7) is 2.07. The van der Waals surface area contributed by atoms with Crippen LogP contribution in [0.3, 0.4) is 0 Å². The summed E-state index contributed by atoms with van der Waals surface area (Å²) in [6.07, 6.45) is 7.98. The molecule has 4 nitrogen and oxygen atoms in total. The normalized spacial score (nSPS) is 24.3. The van der Waals surface area contributed by atoms with Gasteiger partial charge in [0.1, 0.15) is 5.41 Å². The van der Waals surface area contributed by atoms with E-state index in [0.29, 0.717) is 18.8 Å². The van der Waals surface area contributed by atoms with Gasteiger partial charge in [-0.2, -0.15) is 0 Å². The lowest BCUT2D eigenvalue weighted by molar-refractivity contribution is -0.149. The first-order valence-electron chi connectivity index (χ1n) is 7.14. The van der Waals surface area contributed by atoms with E-state index in [4.69, 9.17) is 5.11 Å². The van der Waals surface area contributed by atoms with Crippen LogP contribution in [0.5, 0.6) is 0 Å². The molecule has 102 valence electrons. The van der Waals surface area contributed by atoms with Gasteiger partial charge in [0.15, 0.2) is 0 Å². The van der Waals surface area contributed by atoms with Crippen LogP contribution in [0.4, 0.5) is 0 Å². The highest BCUT2D eigenvalue weighted by molar-refractivity contribution is 6.04. The third kappa shape index (κ3) is 2.52. The average Bonchev–Trinajstić information content (AvgIpc) is 3.18. The number of hydrogen-bond acceptors (Lipinski definition) is 2. The zero-order chi connectivity index (χ0) is 13.2. The van der Waals surface area contributed by atoms with Crippen LogP contribution < -0.4 is 5.32 Å². The minimum Gasteiger partial charge on any atom is -0.480 e. The Kier molecular flexibility index (Phi) is 3.93. The molecule has 0 bridgehead atoms. The van der Waals surface area contributed by atoms with Gasteiger partial charge in [-0.25, -0.2) is 0 Å². The molecule has 0 heterocycles. The fourth-order valence-corrected chi connectivity index (χ4v) is 3.06. The number of carbonyl (C=O) groups excluding carboxylic acids is 1. The van der Waals surface area contributed by atoms with E-state index < -0.39 is 11.4 Å². The summed E-state index contributed by atoms with van der Waals surface area (Å²) in [4.78, 5) is 23.2. The molecular formula is C14H23NO3. The lowest BCUT2D eigenvalue weighted by Gasteiger charge is -2.31. The van der Waals surface area contributed by atoms with Crippen molar-refractivity contribution in [1.29, 1.82) is 0 Å². The van der Waals surface area contributed by atoms with Crippen molar-refractivity contribution in [2.45, 2.75) is 64.3 Å². The summed E-state index contributed by atoms with van der Waals surface area (Å²) in [6, 6.07) is 0.162. The van der Waals surface area contributed by atoms with Crippen molar-refractivity contribution in [3.8, 4) is 0 Å². The van der Waals surface area contributed by atoms with Crippen LogP contribution >= 0.6 is 0 Å². The van der Waals surface area contributed by atoms with Gasteiger partial charge in [0.2, 0.25) is 5.91 Å². The molecule has 0 aromatic heterocycles. The quantitative estimate of drug-likeness (QED) is 0.739. The first-order valence-corrected chi connectivity index (χ1v) is 7.14. The minimum atomic E-state index is -1.10. The predicted octanol–water partition coefficient (Wildman–Crippen LogP) is 2.33. The van der Waals surface area contributed by atoms with E-state index in [9.17, 15) is 9.59 Å². The Morgan fingerprint density at radius 2 is 1.89 bits per heavy atom. The molecule has 1 atom stereocenters. The number of carboxylic acids is 1. The summed E-state index contributed by atoms with van der Waals surface area (Å²) < 4.78 is 0. The molecule has 2 aliphatic carbocycles. The summed E-state index contributed by atoms with van der Waals surface area (Å²) in [7, 11) is 0. The van der Waals surface area contributed by atoms with Gasteiger partial charge in [0.05, 0.1) is 0 Å². The number of amides is 1. The highest BCUT2D eigenvalue weighted by Gasteiger charge is 2.57. The number of rotatable bonds is 5. The topological polar surface area (TPSA) is 66.4 Å². The van der Waals surface area contributed by atoms with Crippen LogP contribution in [0.15, 0.2) is 0 Å². The fraction of sp³-hybridized carbons (Fsp3) is 0.857. The molecule has 1 amide bonds. The molecule has 0 aromatic rings. The van der Waals surface area contributed by atoms with E-state index in [0.717, 1.165) is 6.42 Å². The first kappa shape index (κ1) is 13.4. The largest absolute Gasteiger partial charge is 0.480 e. The van der Waals surface area contributed by atoms with Gasteiger partial charge in [0.25, 0.3) is 0 Å². The summed E-state index contributed by atoms with van der Waals surface area (Å²) in [5, 5.41) is 12.1. The maximum atomic E-state index is 12.1. The Morgan fingerprint density at radius 3 is 2.33 bits per heavy atom. The molecule has 1 unspecified atom stereocenters. The second-order valence-corrected chi connectivity index (χ2v) is 5.77. The monoisotopic (exact) mass is 253 g/mol. The lowest BCUT2D eigenvalue weighted by Crippen LogP contribution is -2.46. The van der Waals surface area contributed by atoms with E-state index >= 15 is 0 Å². The molecular weight excluding hydrogens is 230 g/mol. The van der Waals surface area contributed by atoms with E-state index in [2.05, 4.69) is 12.2 Å². The minimum absolute atomic E-state index is 0.162. The van der Waals surface area contributed by atoms with Crippen molar-refractivity contribution < 1.29 is 14.7 Å².